The topological polar surface area (TPSA) is 95.5 Å². The second-order valence-corrected chi connectivity index (χ2v) is 5.55. The average molecular weight is 272 g/mol. The Morgan fingerprint density at radius 3 is 2.44 bits per heavy atom. The van der Waals surface area contributed by atoms with E-state index >= 15 is 0 Å². The molecule has 0 atom stereocenters. The highest BCUT2D eigenvalue weighted by Gasteiger charge is 2.10. The van der Waals surface area contributed by atoms with Gasteiger partial charge in [-0.25, -0.2) is 13.1 Å². The number of rotatable bonds is 6. The Morgan fingerprint density at radius 1 is 1.28 bits per heavy atom. The average Bonchev–Trinajstić information content (AvgIpc) is 2.29. The summed E-state index contributed by atoms with van der Waals surface area (Å²) in [5.74, 6) is -0.465. The quantitative estimate of drug-likeness (QED) is 0.682. The van der Waals surface area contributed by atoms with Gasteiger partial charge in [-0.1, -0.05) is 6.92 Å². The summed E-state index contributed by atoms with van der Waals surface area (Å²) in [5.41, 5.74) is 0.369. The molecule has 1 rings (SSSR count). The Labute approximate surface area is 106 Å². The molecule has 1 amide bonds. The van der Waals surface area contributed by atoms with Crippen molar-refractivity contribution in [2.45, 2.75) is 6.92 Å². The van der Waals surface area contributed by atoms with Crippen LogP contribution in [0, 0.1) is 0 Å². The molecule has 1 aromatic carbocycles. The van der Waals surface area contributed by atoms with E-state index in [1.165, 1.54) is 24.3 Å². The highest BCUT2D eigenvalue weighted by Crippen LogP contribution is 2.09. The summed E-state index contributed by atoms with van der Waals surface area (Å²) >= 11 is 0. The van der Waals surface area contributed by atoms with E-state index in [-0.39, 0.29) is 24.0 Å². The first-order valence-corrected chi connectivity index (χ1v) is 7.14. The summed E-state index contributed by atoms with van der Waals surface area (Å²) in [6.07, 6.45) is 0. The van der Waals surface area contributed by atoms with Gasteiger partial charge in [0, 0.05) is 18.7 Å². The maximum absolute atomic E-state index is 11.6. The first-order chi connectivity index (χ1) is 8.44. The lowest BCUT2D eigenvalue weighted by Crippen LogP contribution is -2.34. The summed E-state index contributed by atoms with van der Waals surface area (Å²) in [6, 6.07) is 5.71. The second kappa shape index (κ2) is 6.36. The molecule has 0 saturated heterocycles. The molecule has 0 spiro atoms. The number of carbonyl (C=O) groups is 1. The molecule has 0 unspecified atom stereocenters. The zero-order valence-electron chi connectivity index (χ0n) is 10.0. The van der Waals surface area contributed by atoms with Gasteiger partial charge in [0.15, 0.2) is 0 Å². The standard InChI is InChI=1S/C11H16N2O4S/c1-2-13-18(16,17)8-7-12-11(15)9-3-5-10(14)6-4-9/h3-6,13-14H,2,7-8H2,1H3,(H,12,15). The van der Waals surface area contributed by atoms with Crippen molar-refractivity contribution in [2.24, 2.45) is 0 Å². The van der Waals surface area contributed by atoms with Gasteiger partial charge >= 0.3 is 0 Å². The van der Waals surface area contributed by atoms with E-state index in [1.807, 2.05) is 0 Å². The minimum Gasteiger partial charge on any atom is -0.508 e. The fourth-order valence-electron chi connectivity index (χ4n) is 1.31. The normalized spacial score (nSPS) is 11.2. The number of hydrogen-bond acceptors (Lipinski definition) is 4. The minimum atomic E-state index is -3.32. The van der Waals surface area contributed by atoms with Crippen LogP contribution >= 0.6 is 0 Å². The number of aromatic hydroxyl groups is 1. The molecule has 3 N–H and O–H groups in total. The SMILES string of the molecule is CCNS(=O)(=O)CCNC(=O)c1ccc(O)cc1. The third kappa shape index (κ3) is 4.72. The van der Waals surface area contributed by atoms with Crippen molar-refractivity contribution in [1.29, 1.82) is 0 Å². The summed E-state index contributed by atoms with van der Waals surface area (Å²) in [4.78, 5) is 11.6. The predicted octanol–water partition coefficient (Wildman–Crippen LogP) is 0.0613. The van der Waals surface area contributed by atoms with E-state index < -0.39 is 10.0 Å². The maximum Gasteiger partial charge on any atom is 0.251 e. The third-order valence-electron chi connectivity index (χ3n) is 2.15. The molecule has 7 heteroatoms. The van der Waals surface area contributed by atoms with Gasteiger partial charge in [0.05, 0.1) is 5.75 Å². The maximum atomic E-state index is 11.6. The van der Waals surface area contributed by atoms with Crippen LogP contribution in [-0.4, -0.2) is 38.3 Å². The number of amides is 1. The van der Waals surface area contributed by atoms with Gasteiger partial charge in [-0.15, -0.1) is 0 Å². The molecule has 0 fully saturated rings. The van der Waals surface area contributed by atoms with Gasteiger partial charge < -0.3 is 10.4 Å². The Balaban J connectivity index is 2.45. The molecule has 0 aliphatic carbocycles. The third-order valence-corrected chi connectivity index (χ3v) is 3.62. The molecule has 0 saturated carbocycles. The smallest absolute Gasteiger partial charge is 0.251 e. The molecular formula is C11H16N2O4S. The highest BCUT2D eigenvalue weighted by atomic mass is 32.2. The molecular weight excluding hydrogens is 256 g/mol. The number of carbonyl (C=O) groups excluding carboxylic acids is 1. The van der Waals surface area contributed by atoms with Crippen molar-refractivity contribution in [2.75, 3.05) is 18.8 Å². The largest absolute Gasteiger partial charge is 0.508 e. The van der Waals surface area contributed by atoms with Gasteiger partial charge in [-0.05, 0) is 24.3 Å². The monoisotopic (exact) mass is 272 g/mol. The lowest BCUT2D eigenvalue weighted by atomic mass is 10.2. The van der Waals surface area contributed by atoms with Crippen molar-refractivity contribution in [3.8, 4) is 5.75 Å². The van der Waals surface area contributed by atoms with Gasteiger partial charge in [-0.3, -0.25) is 4.79 Å². The van der Waals surface area contributed by atoms with Crippen LogP contribution in [0.15, 0.2) is 24.3 Å². The second-order valence-electron chi connectivity index (χ2n) is 3.62. The van der Waals surface area contributed by atoms with E-state index in [1.54, 1.807) is 6.92 Å². The Kier molecular flexibility index (Phi) is 5.11. The van der Waals surface area contributed by atoms with Crippen LogP contribution in [0.2, 0.25) is 0 Å². The van der Waals surface area contributed by atoms with Crippen LogP contribution in [0.1, 0.15) is 17.3 Å². The van der Waals surface area contributed by atoms with Crippen LogP contribution in [0.25, 0.3) is 0 Å². The first-order valence-electron chi connectivity index (χ1n) is 5.49. The van der Waals surface area contributed by atoms with Crippen LogP contribution in [0.4, 0.5) is 0 Å². The molecule has 0 aromatic heterocycles. The minimum absolute atomic E-state index is 0.0367. The van der Waals surface area contributed by atoms with Crippen LogP contribution in [-0.2, 0) is 10.0 Å². The lowest BCUT2D eigenvalue weighted by Gasteiger charge is -2.06. The van der Waals surface area contributed by atoms with Crippen molar-refractivity contribution in [3.63, 3.8) is 0 Å². The zero-order chi connectivity index (χ0) is 13.6. The highest BCUT2D eigenvalue weighted by molar-refractivity contribution is 7.89. The number of sulfonamides is 1. The Bertz CT molecular complexity index is 496. The zero-order valence-corrected chi connectivity index (χ0v) is 10.8. The summed E-state index contributed by atoms with van der Waals surface area (Å²) in [7, 11) is -3.32. The van der Waals surface area contributed by atoms with E-state index in [4.69, 9.17) is 5.11 Å². The van der Waals surface area contributed by atoms with E-state index in [2.05, 4.69) is 10.0 Å². The molecule has 1 aromatic rings. The number of phenols is 1. The number of hydrogen-bond donors (Lipinski definition) is 3. The van der Waals surface area contributed by atoms with Crippen LogP contribution in [0.5, 0.6) is 5.75 Å². The van der Waals surface area contributed by atoms with E-state index in [0.29, 0.717) is 12.1 Å². The van der Waals surface area contributed by atoms with Crippen molar-refractivity contribution < 1.29 is 18.3 Å². The molecule has 0 bridgehead atoms. The van der Waals surface area contributed by atoms with Crippen LogP contribution in [0.3, 0.4) is 0 Å². The summed E-state index contributed by atoms with van der Waals surface area (Å²) in [5, 5.41) is 11.6. The van der Waals surface area contributed by atoms with E-state index in [0.717, 1.165) is 0 Å². The van der Waals surface area contributed by atoms with Crippen LogP contribution < -0.4 is 10.0 Å². The molecule has 0 radical (unpaired) electrons. The van der Waals surface area contributed by atoms with Crippen molar-refractivity contribution >= 4 is 15.9 Å². The molecule has 18 heavy (non-hydrogen) atoms. The number of benzene rings is 1. The molecule has 6 nitrogen and oxygen atoms in total. The van der Waals surface area contributed by atoms with Gasteiger partial charge in [-0.2, -0.15) is 0 Å². The number of phenolic OH excluding ortho intramolecular Hbond substituents is 1. The Hall–Kier alpha value is -1.60. The lowest BCUT2D eigenvalue weighted by molar-refractivity contribution is 0.0956. The molecule has 0 heterocycles. The fraction of sp³-hybridized carbons (Fsp3) is 0.364. The summed E-state index contributed by atoms with van der Waals surface area (Å²) < 4.78 is 24.9. The van der Waals surface area contributed by atoms with Gasteiger partial charge in [0.1, 0.15) is 5.75 Å². The van der Waals surface area contributed by atoms with E-state index in [9.17, 15) is 13.2 Å². The molecule has 0 aliphatic heterocycles. The fourth-order valence-corrected chi connectivity index (χ4v) is 2.26. The van der Waals surface area contributed by atoms with Crippen molar-refractivity contribution in [3.05, 3.63) is 29.8 Å². The predicted molar refractivity (Wildman–Crippen MR) is 67.9 cm³/mol. The summed E-state index contributed by atoms with van der Waals surface area (Å²) in [6.45, 7) is 2.05. The van der Waals surface area contributed by atoms with Crippen molar-refractivity contribution in [1.82, 2.24) is 10.0 Å². The van der Waals surface area contributed by atoms with Gasteiger partial charge in [0.2, 0.25) is 10.0 Å². The molecule has 100 valence electrons. The Morgan fingerprint density at radius 2 is 1.89 bits per heavy atom. The number of nitrogens with one attached hydrogen (secondary N) is 2. The molecule has 0 aliphatic rings. The van der Waals surface area contributed by atoms with Gasteiger partial charge in [0.25, 0.3) is 5.91 Å². The first kappa shape index (κ1) is 14.5.